The first-order chi connectivity index (χ1) is 11.5. The minimum Gasteiger partial charge on any atom is -0.477 e. The van der Waals surface area contributed by atoms with E-state index in [9.17, 15) is 19.5 Å². The maximum atomic E-state index is 12.3. The Balaban J connectivity index is 1.59. The smallest absolute Gasteiger partial charge is 0.352 e. The van der Waals surface area contributed by atoms with Gasteiger partial charge in [-0.25, -0.2) is 4.79 Å². The largest absolute Gasteiger partial charge is 0.477 e. The summed E-state index contributed by atoms with van der Waals surface area (Å²) in [5, 5.41) is 11.7. The summed E-state index contributed by atoms with van der Waals surface area (Å²) < 4.78 is 0. The fourth-order valence-electron chi connectivity index (χ4n) is 2.66. The van der Waals surface area contributed by atoms with Crippen LogP contribution in [0.4, 0.5) is 0 Å². The molecule has 0 radical (unpaired) electrons. The van der Waals surface area contributed by atoms with E-state index < -0.39 is 12.0 Å². The molecule has 8 heteroatoms. The van der Waals surface area contributed by atoms with Crippen LogP contribution in [0, 0.1) is 0 Å². The van der Waals surface area contributed by atoms with Crippen LogP contribution in [0.5, 0.6) is 0 Å². The molecule has 1 saturated heterocycles. The molecule has 0 bridgehead atoms. The standard InChI is InChI=1S/C16H16N2O4S2/c1-9-7-24-15-12(14(20)18(15)13(9)16(21)22)17-11(19)8-23-10-5-3-2-4-6-10/h2-6,12,15H,7-8H2,1H3,(H,17,19)(H,21,22)/t12?,15-/m1/s1. The van der Waals surface area contributed by atoms with Gasteiger partial charge in [-0.3, -0.25) is 14.5 Å². The quantitative estimate of drug-likeness (QED) is 0.609. The fraction of sp³-hybridized carbons (Fsp3) is 0.312. The zero-order valence-electron chi connectivity index (χ0n) is 12.9. The van der Waals surface area contributed by atoms with E-state index in [2.05, 4.69) is 5.32 Å². The third-order valence-corrected chi connectivity index (χ3v) is 6.23. The molecule has 0 saturated carbocycles. The molecular formula is C16H16N2O4S2. The van der Waals surface area contributed by atoms with Gasteiger partial charge in [0.2, 0.25) is 5.91 Å². The Morgan fingerprint density at radius 3 is 2.75 bits per heavy atom. The highest BCUT2D eigenvalue weighted by Crippen LogP contribution is 2.40. The Hall–Kier alpha value is -1.93. The van der Waals surface area contributed by atoms with E-state index in [0.29, 0.717) is 11.3 Å². The normalized spacial score (nSPS) is 22.7. The number of β-lactam (4-membered cyclic amide) rings is 1. The van der Waals surface area contributed by atoms with Gasteiger partial charge in [0.05, 0.1) is 5.75 Å². The molecule has 1 fully saturated rings. The second kappa shape index (κ2) is 6.90. The number of benzene rings is 1. The summed E-state index contributed by atoms with van der Waals surface area (Å²) in [5.74, 6) is -0.935. The summed E-state index contributed by atoms with van der Waals surface area (Å²) in [4.78, 5) is 37.9. The predicted molar refractivity (Wildman–Crippen MR) is 92.5 cm³/mol. The Morgan fingerprint density at radius 2 is 2.08 bits per heavy atom. The highest BCUT2D eigenvalue weighted by atomic mass is 32.2. The van der Waals surface area contributed by atoms with Gasteiger partial charge in [-0.1, -0.05) is 18.2 Å². The lowest BCUT2D eigenvalue weighted by atomic mass is 10.0. The summed E-state index contributed by atoms with van der Waals surface area (Å²) in [6, 6.07) is 8.88. The van der Waals surface area contributed by atoms with Crippen molar-refractivity contribution in [1.29, 1.82) is 0 Å². The molecule has 2 aliphatic rings. The van der Waals surface area contributed by atoms with Crippen LogP contribution in [0.15, 0.2) is 46.5 Å². The highest BCUT2D eigenvalue weighted by molar-refractivity contribution is 8.00. The molecule has 3 rings (SSSR count). The van der Waals surface area contributed by atoms with Gasteiger partial charge < -0.3 is 10.4 Å². The molecule has 24 heavy (non-hydrogen) atoms. The Bertz CT molecular complexity index is 720. The minimum absolute atomic E-state index is 0.0490. The lowest BCUT2D eigenvalue weighted by molar-refractivity contribution is -0.150. The van der Waals surface area contributed by atoms with Crippen molar-refractivity contribution in [2.75, 3.05) is 11.5 Å². The summed E-state index contributed by atoms with van der Waals surface area (Å²) in [5.41, 5.74) is 0.717. The number of carbonyl (C=O) groups excluding carboxylic acids is 2. The predicted octanol–water partition coefficient (Wildman–Crippen LogP) is 1.54. The van der Waals surface area contributed by atoms with Crippen LogP contribution in [-0.4, -0.2) is 50.7 Å². The zero-order valence-corrected chi connectivity index (χ0v) is 14.5. The number of amides is 2. The fourth-order valence-corrected chi connectivity index (χ4v) is 4.68. The molecule has 6 nitrogen and oxygen atoms in total. The number of carboxylic acid groups (broad SMARTS) is 1. The van der Waals surface area contributed by atoms with Crippen LogP contribution >= 0.6 is 23.5 Å². The first-order valence-corrected chi connectivity index (χ1v) is 9.37. The van der Waals surface area contributed by atoms with Gasteiger partial charge in [-0.05, 0) is 24.6 Å². The second-order valence-electron chi connectivity index (χ2n) is 5.49. The molecule has 2 amide bonds. The Morgan fingerprint density at radius 1 is 1.38 bits per heavy atom. The third kappa shape index (κ3) is 3.16. The lowest BCUT2D eigenvalue weighted by Gasteiger charge is -2.49. The molecular weight excluding hydrogens is 348 g/mol. The van der Waals surface area contributed by atoms with Crippen LogP contribution in [0.2, 0.25) is 0 Å². The number of nitrogens with one attached hydrogen (secondary N) is 1. The van der Waals surface area contributed by atoms with Crippen LogP contribution in [0.3, 0.4) is 0 Å². The summed E-state index contributed by atoms with van der Waals surface area (Å²) in [7, 11) is 0. The number of fused-ring (bicyclic) bond motifs is 1. The molecule has 1 aromatic rings. The lowest BCUT2D eigenvalue weighted by Crippen LogP contribution is -2.70. The number of nitrogens with zero attached hydrogens (tertiary/aromatic N) is 1. The van der Waals surface area contributed by atoms with E-state index in [0.717, 1.165) is 4.90 Å². The topological polar surface area (TPSA) is 86.7 Å². The first kappa shape index (κ1) is 16.9. The van der Waals surface area contributed by atoms with E-state index in [4.69, 9.17) is 0 Å². The number of carboxylic acids is 1. The molecule has 1 aromatic carbocycles. The van der Waals surface area contributed by atoms with Crippen LogP contribution in [0.1, 0.15) is 6.92 Å². The van der Waals surface area contributed by atoms with Crippen molar-refractivity contribution in [2.45, 2.75) is 23.2 Å². The van der Waals surface area contributed by atoms with E-state index in [1.54, 1.807) is 6.92 Å². The molecule has 0 aromatic heterocycles. The van der Waals surface area contributed by atoms with Crippen molar-refractivity contribution in [2.24, 2.45) is 0 Å². The van der Waals surface area contributed by atoms with Gasteiger partial charge in [0.25, 0.3) is 5.91 Å². The highest BCUT2D eigenvalue weighted by Gasteiger charge is 2.53. The van der Waals surface area contributed by atoms with Crippen molar-refractivity contribution >= 4 is 41.3 Å². The molecule has 2 atom stereocenters. The Labute approximate surface area is 147 Å². The van der Waals surface area contributed by atoms with E-state index in [1.807, 2.05) is 30.3 Å². The van der Waals surface area contributed by atoms with Crippen molar-refractivity contribution in [3.63, 3.8) is 0 Å². The number of carbonyl (C=O) groups is 3. The van der Waals surface area contributed by atoms with Gasteiger partial charge in [-0.2, -0.15) is 0 Å². The number of rotatable bonds is 5. The van der Waals surface area contributed by atoms with Gasteiger partial charge >= 0.3 is 5.97 Å². The van der Waals surface area contributed by atoms with Crippen molar-refractivity contribution in [1.82, 2.24) is 10.2 Å². The summed E-state index contributed by atoms with van der Waals surface area (Å²) >= 11 is 2.87. The molecule has 2 aliphatic heterocycles. The number of thioether (sulfide) groups is 2. The molecule has 0 spiro atoms. The molecule has 2 heterocycles. The first-order valence-electron chi connectivity index (χ1n) is 7.34. The van der Waals surface area contributed by atoms with E-state index in [-0.39, 0.29) is 28.6 Å². The number of hydrogen-bond acceptors (Lipinski definition) is 5. The van der Waals surface area contributed by atoms with Crippen LogP contribution < -0.4 is 5.32 Å². The van der Waals surface area contributed by atoms with Crippen molar-refractivity contribution < 1.29 is 19.5 Å². The number of hydrogen-bond donors (Lipinski definition) is 2. The number of aliphatic carboxylic acids is 1. The van der Waals surface area contributed by atoms with Gasteiger partial charge in [0.15, 0.2) is 0 Å². The maximum absolute atomic E-state index is 12.3. The van der Waals surface area contributed by atoms with Crippen molar-refractivity contribution in [3.05, 3.63) is 41.6 Å². The summed E-state index contributed by atoms with van der Waals surface area (Å²) in [6.45, 7) is 1.71. The zero-order chi connectivity index (χ0) is 17.3. The van der Waals surface area contributed by atoms with Crippen LogP contribution in [0.25, 0.3) is 0 Å². The maximum Gasteiger partial charge on any atom is 0.352 e. The molecule has 0 aliphatic carbocycles. The molecule has 2 N–H and O–H groups in total. The van der Waals surface area contributed by atoms with E-state index in [1.165, 1.54) is 28.4 Å². The average molecular weight is 364 g/mol. The van der Waals surface area contributed by atoms with Gasteiger partial charge in [-0.15, -0.1) is 23.5 Å². The summed E-state index contributed by atoms with van der Waals surface area (Å²) in [6.07, 6.45) is 0. The van der Waals surface area contributed by atoms with E-state index >= 15 is 0 Å². The average Bonchev–Trinajstić information content (AvgIpc) is 2.58. The molecule has 126 valence electrons. The third-order valence-electron chi connectivity index (χ3n) is 3.79. The van der Waals surface area contributed by atoms with Crippen LogP contribution in [-0.2, 0) is 14.4 Å². The van der Waals surface area contributed by atoms with Gasteiger partial charge in [0, 0.05) is 10.6 Å². The SMILES string of the molecule is CC1=C(C(=O)O)N2C(=O)C(NC(=O)CSc3ccccc3)[C@H]2SC1. The van der Waals surface area contributed by atoms with Gasteiger partial charge in [0.1, 0.15) is 17.1 Å². The molecule has 1 unspecified atom stereocenters. The minimum atomic E-state index is -1.10. The monoisotopic (exact) mass is 364 g/mol. The Kier molecular flexibility index (Phi) is 4.86. The second-order valence-corrected chi connectivity index (χ2v) is 7.64. The van der Waals surface area contributed by atoms with Crippen molar-refractivity contribution in [3.8, 4) is 0 Å².